The summed E-state index contributed by atoms with van der Waals surface area (Å²) in [5, 5.41) is 11.2. The summed E-state index contributed by atoms with van der Waals surface area (Å²) in [6, 6.07) is 11.8. The van der Waals surface area contributed by atoms with Crippen LogP contribution in [0.25, 0.3) is 0 Å². The van der Waals surface area contributed by atoms with Crippen molar-refractivity contribution in [3.63, 3.8) is 0 Å². The zero-order chi connectivity index (χ0) is 21.5. The molecular formula is C24H33Cl3N2O3. The van der Waals surface area contributed by atoms with Crippen molar-refractivity contribution in [1.29, 1.82) is 0 Å². The van der Waals surface area contributed by atoms with Gasteiger partial charge in [-0.25, -0.2) is 0 Å². The molecule has 0 aromatic heterocycles. The monoisotopic (exact) mass is 502 g/mol. The van der Waals surface area contributed by atoms with Gasteiger partial charge in [-0.1, -0.05) is 29.8 Å². The van der Waals surface area contributed by atoms with Crippen LogP contribution in [-0.2, 0) is 6.42 Å². The summed E-state index contributed by atoms with van der Waals surface area (Å²) < 4.78 is 11.3. The second-order valence-corrected chi connectivity index (χ2v) is 8.10. The summed E-state index contributed by atoms with van der Waals surface area (Å²) in [7, 11) is 1.62. The molecule has 32 heavy (non-hydrogen) atoms. The van der Waals surface area contributed by atoms with Gasteiger partial charge in [0, 0.05) is 43.4 Å². The van der Waals surface area contributed by atoms with Gasteiger partial charge in [0.2, 0.25) is 0 Å². The number of halogens is 3. The van der Waals surface area contributed by atoms with Crippen molar-refractivity contribution in [1.82, 2.24) is 4.90 Å². The van der Waals surface area contributed by atoms with Gasteiger partial charge in [-0.15, -0.1) is 31.4 Å². The summed E-state index contributed by atoms with van der Waals surface area (Å²) in [5.74, 6) is 1.32. The molecule has 3 rings (SSSR count). The Morgan fingerprint density at radius 1 is 1.09 bits per heavy atom. The molecule has 0 radical (unpaired) electrons. The third kappa shape index (κ3) is 7.75. The number of aliphatic hydroxyl groups is 1. The summed E-state index contributed by atoms with van der Waals surface area (Å²) in [6.45, 7) is 10.3. The first-order valence-electron chi connectivity index (χ1n) is 10.3. The van der Waals surface area contributed by atoms with E-state index in [9.17, 15) is 5.11 Å². The molecule has 8 heteroatoms. The Hall–Kier alpha value is -1.63. The van der Waals surface area contributed by atoms with Crippen LogP contribution in [0.1, 0.15) is 11.1 Å². The first-order chi connectivity index (χ1) is 14.5. The Morgan fingerprint density at radius 3 is 2.47 bits per heavy atom. The molecule has 1 saturated heterocycles. The van der Waals surface area contributed by atoms with E-state index in [2.05, 4.69) is 29.4 Å². The number of benzene rings is 2. The second-order valence-electron chi connectivity index (χ2n) is 7.66. The van der Waals surface area contributed by atoms with Gasteiger partial charge in [0.1, 0.15) is 12.7 Å². The predicted molar refractivity (Wildman–Crippen MR) is 138 cm³/mol. The van der Waals surface area contributed by atoms with E-state index in [-0.39, 0.29) is 31.4 Å². The van der Waals surface area contributed by atoms with Crippen molar-refractivity contribution in [2.24, 2.45) is 0 Å². The maximum Gasteiger partial charge on any atom is 0.161 e. The predicted octanol–water partition coefficient (Wildman–Crippen LogP) is 4.79. The lowest BCUT2D eigenvalue weighted by atomic mass is 10.1. The molecule has 0 spiro atoms. The first kappa shape index (κ1) is 28.4. The molecule has 0 saturated carbocycles. The molecule has 1 N–H and O–H groups in total. The molecule has 1 unspecified atom stereocenters. The Kier molecular flexibility index (Phi) is 12.3. The lowest BCUT2D eigenvalue weighted by molar-refractivity contribution is 0.0653. The Labute approximate surface area is 208 Å². The maximum atomic E-state index is 10.5. The van der Waals surface area contributed by atoms with Crippen molar-refractivity contribution >= 4 is 42.1 Å². The molecule has 5 nitrogen and oxygen atoms in total. The van der Waals surface area contributed by atoms with Gasteiger partial charge < -0.3 is 19.5 Å². The van der Waals surface area contributed by atoms with Crippen LogP contribution in [0.3, 0.4) is 0 Å². The highest BCUT2D eigenvalue weighted by atomic mass is 35.5. The van der Waals surface area contributed by atoms with E-state index in [1.54, 1.807) is 7.11 Å². The normalized spacial score (nSPS) is 14.7. The number of aryl methyl sites for hydroxylation is 1. The van der Waals surface area contributed by atoms with E-state index in [4.69, 9.17) is 21.1 Å². The van der Waals surface area contributed by atoms with E-state index in [0.29, 0.717) is 18.0 Å². The van der Waals surface area contributed by atoms with Crippen LogP contribution in [0.4, 0.5) is 5.69 Å². The number of rotatable bonds is 9. The molecular weight excluding hydrogens is 471 g/mol. The average molecular weight is 504 g/mol. The van der Waals surface area contributed by atoms with E-state index in [1.165, 1.54) is 11.3 Å². The standard InChI is InChI=1S/C24H31ClN2O3.2ClH/c1-4-5-19-7-9-23(24(14-19)29-3)30-17-21(28)16-26-10-12-27(13-11-26)22-15-20(25)8-6-18(22)2;;/h4,6-9,14-15,21,28H,1,5,10-13,16-17H2,2-3H3;2*1H. The molecule has 1 aliphatic heterocycles. The molecule has 1 atom stereocenters. The molecule has 1 heterocycles. The lowest BCUT2D eigenvalue weighted by Crippen LogP contribution is -2.49. The van der Waals surface area contributed by atoms with Gasteiger partial charge >= 0.3 is 0 Å². The van der Waals surface area contributed by atoms with Gasteiger partial charge in [0.15, 0.2) is 11.5 Å². The molecule has 0 aliphatic carbocycles. The third-order valence-corrected chi connectivity index (χ3v) is 5.63. The minimum atomic E-state index is -0.568. The zero-order valence-corrected chi connectivity index (χ0v) is 21.0. The van der Waals surface area contributed by atoms with E-state index in [0.717, 1.165) is 43.2 Å². The number of hydrogen-bond donors (Lipinski definition) is 1. The summed E-state index contributed by atoms with van der Waals surface area (Å²) >= 11 is 6.17. The molecule has 2 aromatic rings. The van der Waals surface area contributed by atoms with Crippen LogP contribution >= 0.6 is 36.4 Å². The number of allylic oxidation sites excluding steroid dienone is 1. The van der Waals surface area contributed by atoms with Gasteiger partial charge in [-0.2, -0.15) is 0 Å². The number of nitrogens with zero attached hydrogens (tertiary/aromatic N) is 2. The minimum absolute atomic E-state index is 0. The maximum absolute atomic E-state index is 10.5. The molecule has 0 amide bonds. The SMILES string of the molecule is C=CCc1ccc(OCC(O)CN2CCN(c3cc(Cl)ccc3C)CC2)c(OC)c1.Cl.Cl. The highest BCUT2D eigenvalue weighted by Gasteiger charge is 2.21. The van der Waals surface area contributed by atoms with Gasteiger partial charge in [-0.05, 0) is 48.7 Å². The quantitative estimate of drug-likeness (QED) is 0.499. The average Bonchev–Trinajstić information content (AvgIpc) is 2.75. The largest absolute Gasteiger partial charge is 0.493 e. The van der Waals surface area contributed by atoms with Crippen LogP contribution in [0.15, 0.2) is 49.1 Å². The summed E-state index contributed by atoms with van der Waals surface area (Å²) in [5.41, 5.74) is 3.54. The summed E-state index contributed by atoms with van der Waals surface area (Å²) in [4.78, 5) is 4.63. The number of hydrogen-bond acceptors (Lipinski definition) is 5. The zero-order valence-electron chi connectivity index (χ0n) is 18.6. The number of piperazine rings is 1. The number of ether oxygens (including phenoxy) is 2. The van der Waals surface area contributed by atoms with E-state index >= 15 is 0 Å². The van der Waals surface area contributed by atoms with Gasteiger partial charge in [-0.3, -0.25) is 4.90 Å². The summed E-state index contributed by atoms with van der Waals surface area (Å²) in [6.07, 6.45) is 2.06. The van der Waals surface area contributed by atoms with Crippen LogP contribution in [0.2, 0.25) is 5.02 Å². The fourth-order valence-corrected chi connectivity index (χ4v) is 3.92. The Balaban J connectivity index is 0.00000256. The fourth-order valence-electron chi connectivity index (χ4n) is 3.76. The number of β-amino-alcohol motifs (C(OH)–C–C–N with tert-alkyl or cyclic N) is 1. The number of methoxy groups -OCH3 is 1. The molecule has 178 valence electrons. The van der Waals surface area contributed by atoms with Crippen molar-refractivity contribution < 1.29 is 14.6 Å². The smallest absolute Gasteiger partial charge is 0.161 e. The van der Waals surface area contributed by atoms with Gasteiger partial charge in [0.25, 0.3) is 0 Å². The topological polar surface area (TPSA) is 45.2 Å². The molecule has 1 fully saturated rings. The number of anilines is 1. The fraction of sp³-hybridized carbons (Fsp3) is 0.417. The Bertz CT molecular complexity index is 858. The highest BCUT2D eigenvalue weighted by molar-refractivity contribution is 6.30. The first-order valence-corrected chi connectivity index (χ1v) is 10.7. The lowest BCUT2D eigenvalue weighted by Gasteiger charge is -2.37. The van der Waals surface area contributed by atoms with Gasteiger partial charge in [0.05, 0.1) is 7.11 Å². The minimum Gasteiger partial charge on any atom is -0.493 e. The molecule has 1 aliphatic rings. The third-order valence-electron chi connectivity index (χ3n) is 5.39. The van der Waals surface area contributed by atoms with Crippen molar-refractivity contribution in [3.05, 3.63) is 65.2 Å². The van der Waals surface area contributed by atoms with Crippen LogP contribution in [0.5, 0.6) is 11.5 Å². The second kappa shape index (κ2) is 13.8. The molecule has 0 bridgehead atoms. The van der Waals surface area contributed by atoms with Crippen LogP contribution < -0.4 is 14.4 Å². The Morgan fingerprint density at radius 2 is 1.81 bits per heavy atom. The van der Waals surface area contributed by atoms with Crippen molar-refractivity contribution in [3.8, 4) is 11.5 Å². The van der Waals surface area contributed by atoms with E-state index < -0.39 is 6.10 Å². The molecule has 2 aromatic carbocycles. The highest BCUT2D eigenvalue weighted by Crippen LogP contribution is 2.29. The van der Waals surface area contributed by atoms with Crippen LogP contribution in [0, 0.1) is 6.92 Å². The van der Waals surface area contributed by atoms with Crippen LogP contribution in [-0.4, -0.2) is 62.6 Å². The number of aliphatic hydroxyl groups excluding tert-OH is 1. The van der Waals surface area contributed by atoms with E-state index in [1.807, 2.05) is 36.4 Å². The van der Waals surface area contributed by atoms with Crippen molar-refractivity contribution in [2.45, 2.75) is 19.4 Å². The van der Waals surface area contributed by atoms with Crippen molar-refractivity contribution in [2.75, 3.05) is 51.3 Å².